The smallest absolute Gasteiger partial charge is 0.371 e. The van der Waals surface area contributed by atoms with Crippen LogP contribution in [0.5, 0.6) is 0 Å². The Labute approximate surface area is 180 Å². The van der Waals surface area contributed by atoms with Crippen LogP contribution in [0, 0.1) is 5.82 Å². The number of aliphatic hydroxyl groups is 1. The van der Waals surface area contributed by atoms with Gasteiger partial charge in [0.25, 0.3) is 5.72 Å². The number of Topliss-reactive ketones (excluding diaryl/α,β-unsaturated/α-hetero) is 2. The molecule has 2 heterocycles. The van der Waals surface area contributed by atoms with Crippen molar-refractivity contribution in [2.24, 2.45) is 0 Å². The van der Waals surface area contributed by atoms with E-state index in [0.29, 0.717) is 4.90 Å². The maximum atomic E-state index is 14.3. The Morgan fingerprint density at radius 3 is 2.22 bits per heavy atom. The zero-order chi connectivity index (χ0) is 23.1. The van der Waals surface area contributed by atoms with E-state index >= 15 is 0 Å². The van der Waals surface area contributed by atoms with Crippen LogP contribution >= 0.6 is 0 Å². The van der Waals surface area contributed by atoms with Gasteiger partial charge in [0.2, 0.25) is 0 Å². The van der Waals surface area contributed by atoms with Crippen LogP contribution in [0.15, 0.2) is 77.6 Å². The Bertz CT molecular complexity index is 1120. The predicted octanol–water partition coefficient (Wildman–Crippen LogP) is 3.59. The van der Waals surface area contributed by atoms with Gasteiger partial charge in [-0.2, -0.15) is 13.2 Å². The Morgan fingerprint density at radius 2 is 1.59 bits per heavy atom. The number of allylic oxidation sites excluding steroid dienone is 2. The molecule has 0 spiro atoms. The normalized spacial score (nSPS) is 20.9. The molecule has 0 saturated carbocycles. The summed E-state index contributed by atoms with van der Waals surface area (Å²) >= 11 is 0. The van der Waals surface area contributed by atoms with E-state index in [4.69, 9.17) is 0 Å². The van der Waals surface area contributed by atoms with Crippen LogP contribution in [0.1, 0.15) is 27.1 Å². The molecule has 2 aliphatic rings. The molecule has 1 atom stereocenters. The van der Waals surface area contributed by atoms with Gasteiger partial charge in [-0.1, -0.05) is 30.3 Å². The maximum Gasteiger partial charge on any atom is 0.441 e. The van der Waals surface area contributed by atoms with Gasteiger partial charge >= 0.3 is 6.18 Å². The number of nitrogens with zero attached hydrogens (tertiary/aromatic N) is 1. The molecule has 0 aliphatic carbocycles. The Morgan fingerprint density at radius 1 is 0.969 bits per heavy atom. The standard InChI is InChI=1S/C23H18F4N2O3/c24-16-9-7-15(8-10-16)19(30)17-13-18(20(31)14-5-2-1-3-6-14)22(32,23(25,26)27)29-12-4-11-28-21(17)29/h1-3,5-10,13,28,32H,4,11-12H2. The highest BCUT2D eigenvalue weighted by Crippen LogP contribution is 2.46. The molecule has 9 heteroatoms. The van der Waals surface area contributed by atoms with E-state index in [1.54, 1.807) is 6.07 Å². The van der Waals surface area contributed by atoms with Crippen molar-refractivity contribution in [3.63, 3.8) is 0 Å². The van der Waals surface area contributed by atoms with Gasteiger partial charge in [0.15, 0.2) is 11.6 Å². The van der Waals surface area contributed by atoms with E-state index in [1.165, 1.54) is 36.4 Å². The molecular formula is C23H18F4N2O3. The lowest BCUT2D eigenvalue weighted by atomic mass is 9.85. The third-order valence-electron chi connectivity index (χ3n) is 5.46. The second-order valence-corrected chi connectivity index (χ2v) is 7.45. The van der Waals surface area contributed by atoms with Crippen LogP contribution in [0.25, 0.3) is 0 Å². The fourth-order valence-corrected chi connectivity index (χ4v) is 3.88. The molecule has 1 fully saturated rings. The molecule has 0 amide bonds. The Hall–Kier alpha value is -3.46. The third-order valence-corrected chi connectivity index (χ3v) is 5.46. The van der Waals surface area contributed by atoms with Gasteiger partial charge in [0.1, 0.15) is 11.6 Å². The number of carbonyl (C=O) groups excluding carboxylic acids is 2. The number of ketones is 2. The van der Waals surface area contributed by atoms with Crippen LogP contribution in [0.4, 0.5) is 17.6 Å². The first kappa shape index (κ1) is 21.8. The minimum Gasteiger partial charge on any atom is -0.371 e. The summed E-state index contributed by atoms with van der Waals surface area (Å²) in [5, 5.41) is 13.7. The first-order valence-corrected chi connectivity index (χ1v) is 9.81. The maximum absolute atomic E-state index is 14.3. The lowest BCUT2D eigenvalue weighted by Gasteiger charge is -2.48. The van der Waals surface area contributed by atoms with Gasteiger partial charge in [-0.3, -0.25) is 9.59 Å². The molecule has 32 heavy (non-hydrogen) atoms. The molecule has 166 valence electrons. The van der Waals surface area contributed by atoms with Crippen molar-refractivity contribution in [3.05, 3.63) is 94.6 Å². The molecule has 5 nitrogen and oxygen atoms in total. The topological polar surface area (TPSA) is 69.6 Å². The average Bonchev–Trinajstić information content (AvgIpc) is 2.79. The molecule has 2 N–H and O–H groups in total. The van der Waals surface area contributed by atoms with E-state index in [1.807, 2.05) is 0 Å². The highest BCUT2D eigenvalue weighted by atomic mass is 19.4. The quantitative estimate of drug-likeness (QED) is 0.555. The molecule has 1 saturated heterocycles. The Kier molecular flexibility index (Phi) is 5.37. The number of alkyl halides is 3. The summed E-state index contributed by atoms with van der Waals surface area (Å²) in [6, 6.07) is 11.7. The number of rotatable bonds is 4. The summed E-state index contributed by atoms with van der Waals surface area (Å²) in [5.41, 5.74) is -4.86. The molecule has 0 aromatic heterocycles. The summed E-state index contributed by atoms with van der Waals surface area (Å²) in [6.07, 6.45) is -4.20. The highest BCUT2D eigenvalue weighted by molar-refractivity contribution is 6.15. The first-order chi connectivity index (χ1) is 15.1. The molecule has 4 rings (SSSR count). The summed E-state index contributed by atoms with van der Waals surface area (Å²) in [6.45, 7) is 0.0354. The van der Waals surface area contributed by atoms with Crippen LogP contribution in [0.2, 0.25) is 0 Å². The summed E-state index contributed by atoms with van der Waals surface area (Å²) in [5.74, 6) is -2.57. The van der Waals surface area contributed by atoms with Gasteiger partial charge in [-0.15, -0.1) is 0 Å². The van der Waals surface area contributed by atoms with Gasteiger partial charge in [-0.25, -0.2) is 4.39 Å². The Balaban J connectivity index is 1.92. The molecule has 2 aliphatic heterocycles. The number of halogens is 4. The molecule has 0 radical (unpaired) electrons. The number of hydrogen-bond acceptors (Lipinski definition) is 5. The van der Waals surface area contributed by atoms with E-state index in [2.05, 4.69) is 5.32 Å². The number of benzene rings is 2. The molecule has 0 bridgehead atoms. The van der Waals surface area contributed by atoms with Crippen molar-refractivity contribution in [2.75, 3.05) is 13.1 Å². The molecule has 2 aromatic rings. The van der Waals surface area contributed by atoms with Crippen molar-refractivity contribution in [1.29, 1.82) is 0 Å². The van der Waals surface area contributed by atoms with Gasteiger partial charge in [0, 0.05) is 24.2 Å². The molecule has 1 unspecified atom stereocenters. The summed E-state index contributed by atoms with van der Waals surface area (Å²) in [4.78, 5) is 26.9. The zero-order valence-corrected chi connectivity index (χ0v) is 16.6. The van der Waals surface area contributed by atoms with E-state index in [9.17, 15) is 32.3 Å². The largest absolute Gasteiger partial charge is 0.441 e. The summed E-state index contributed by atoms with van der Waals surface area (Å²) < 4.78 is 56.1. The minimum absolute atomic E-state index is 0.0291. The fourth-order valence-electron chi connectivity index (χ4n) is 3.88. The number of nitrogens with one attached hydrogen (secondary N) is 1. The van der Waals surface area contributed by atoms with Crippen molar-refractivity contribution >= 4 is 11.6 Å². The van der Waals surface area contributed by atoms with Crippen molar-refractivity contribution in [2.45, 2.75) is 18.3 Å². The molecule has 2 aromatic carbocycles. The molecular weight excluding hydrogens is 428 g/mol. The zero-order valence-electron chi connectivity index (χ0n) is 16.6. The number of hydrogen-bond donors (Lipinski definition) is 2. The SMILES string of the molecule is O=C(C1=CC(C(=O)c2ccc(F)cc2)=C2NCCCN2C1(O)C(F)(F)F)c1ccccc1. The van der Waals surface area contributed by atoms with Crippen molar-refractivity contribution in [1.82, 2.24) is 10.2 Å². The second-order valence-electron chi connectivity index (χ2n) is 7.45. The van der Waals surface area contributed by atoms with Crippen molar-refractivity contribution in [3.8, 4) is 0 Å². The number of fused-ring (bicyclic) bond motifs is 1. The van der Waals surface area contributed by atoms with Crippen LogP contribution in [-0.2, 0) is 0 Å². The van der Waals surface area contributed by atoms with Crippen LogP contribution < -0.4 is 5.32 Å². The summed E-state index contributed by atoms with van der Waals surface area (Å²) in [7, 11) is 0. The first-order valence-electron chi connectivity index (χ1n) is 9.81. The second kappa shape index (κ2) is 7.90. The van der Waals surface area contributed by atoms with E-state index < -0.39 is 34.9 Å². The van der Waals surface area contributed by atoms with Gasteiger partial charge in [0.05, 0.1) is 11.1 Å². The van der Waals surface area contributed by atoms with Gasteiger partial charge < -0.3 is 15.3 Å². The number of carbonyl (C=O) groups is 2. The predicted molar refractivity (Wildman–Crippen MR) is 107 cm³/mol. The van der Waals surface area contributed by atoms with E-state index in [0.717, 1.165) is 18.2 Å². The van der Waals surface area contributed by atoms with Crippen LogP contribution in [0.3, 0.4) is 0 Å². The lowest BCUT2D eigenvalue weighted by molar-refractivity contribution is -0.293. The highest BCUT2D eigenvalue weighted by Gasteiger charge is 2.64. The van der Waals surface area contributed by atoms with E-state index in [-0.39, 0.29) is 42.0 Å². The fraction of sp³-hybridized carbons (Fsp3) is 0.217. The lowest BCUT2D eigenvalue weighted by Crippen LogP contribution is -2.65. The average molecular weight is 446 g/mol. The minimum atomic E-state index is -5.24. The van der Waals surface area contributed by atoms with Gasteiger partial charge in [-0.05, 0) is 36.8 Å². The van der Waals surface area contributed by atoms with Crippen molar-refractivity contribution < 1.29 is 32.3 Å². The third kappa shape index (κ3) is 3.48. The van der Waals surface area contributed by atoms with Crippen LogP contribution in [-0.4, -0.2) is 46.6 Å². The monoisotopic (exact) mass is 446 g/mol.